The Balaban J connectivity index is 0.00000320. The molecular weight excluding hydrogens is 494 g/mol. The first-order valence-electron chi connectivity index (χ1n) is 11.1. The van der Waals surface area contributed by atoms with Gasteiger partial charge in [0.25, 0.3) is 0 Å². The number of hydrogen-bond donors (Lipinski definition) is 2. The maximum Gasteiger partial charge on any atom is 0.191 e. The standard InChI is InChI=1S/C23H37FN4O.HI/c1-19-7-13-28(14-8-19)12-4-11-26-22(25-2)27-18-23(9-15-29-16-10-23)20-5-3-6-21(24)17-20;/h3,5-6,17,19H,4,7-16,18H2,1-2H3,(H2,25,26,27);1H. The average Bonchev–Trinajstić information content (AvgIpc) is 2.75. The number of benzene rings is 1. The number of nitrogens with zero attached hydrogens (tertiary/aromatic N) is 2. The maximum absolute atomic E-state index is 13.8. The Kier molecular flexibility index (Phi) is 10.8. The van der Waals surface area contributed by atoms with Gasteiger partial charge in [-0.25, -0.2) is 4.39 Å². The highest BCUT2D eigenvalue weighted by Crippen LogP contribution is 2.34. The molecule has 0 aromatic heterocycles. The fourth-order valence-electron chi connectivity index (χ4n) is 4.42. The van der Waals surface area contributed by atoms with Gasteiger partial charge in [-0.05, 0) is 75.4 Å². The van der Waals surface area contributed by atoms with E-state index in [1.165, 1.54) is 32.0 Å². The largest absolute Gasteiger partial charge is 0.381 e. The Labute approximate surface area is 198 Å². The lowest BCUT2D eigenvalue weighted by Gasteiger charge is -2.38. The minimum Gasteiger partial charge on any atom is -0.381 e. The summed E-state index contributed by atoms with van der Waals surface area (Å²) < 4.78 is 19.4. The third kappa shape index (κ3) is 7.34. The first-order valence-corrected chi connectivity index (χ1v) is 11.1. The third-order valence-electron chi connectivity index (χ3n) is 6.52. The summed E-state index contributed by atoms with van der Waals surface area (Å²) in [6.45, 7) is 8.99. The number of hydrogen-bond acceptors (Lipinski definition) is 3. The number of likely N-dealkylation sites (tertiary alicyclic amines) is 1. The van der Waals surface area contributed by atoms with Crippen LogP contribution in [0.25, 0.3) is 0 Å². The number of piperidine rings is 1. The van der Waals surface area contributed by atoms with Crippen molar-refractivity contribution in [3.8, 4) is 0 Å². The molecule has 1 aromatic carbocycles. The molecule has 30 heavy (non-hydrogen) atoms. The van der Waals surface area contributed by atoms with Crippen molar-refractivity contribution in [3.05, 3.63) is 35.6 Å². The van der Waals surface area contributed by atoms with Crippen LogP contribution >= 0.6 is 24.0 Å². The number of aliphatic imine (C=N–C) groups is 1. The zero-order chi connectivity index (χ0) is 20.5. The van der Waals surface area contributed by atoms with Crippen molar-refractivity contribution in [1.82, 2.24) is 15.5 Å². The second-order valence-corrected chi connectivity index (χ2v) is 8.63. The zero-order valence-electron chi connectivity index (χ0n) is 18.5. The lowest BCUT2D eigenvalue weighted by atomic mass is 9.74. The molecule has 2 fully saturated rings. The molecule has 2 heterocycles. The lowest BCUT2D eigenvalue weighted by Crippen LogP contribution is -2.48. The topological polar surface area (TPSA) is 48.9 Å². The molecule has 0 atom stereocenters. The fourth-order valence-corrected chi connectivity index (χ4v) is 4.42. The Hall–Kier alpha value is -0.930. The predicted molar refractivity (Wildman–Crippen MR) is 132 cm³/mol. The van der Waals surface area contributed by atoms with Crippen LogP contribution in [0.2, 0.25) is 0 Å². The molecule has 3 rings (SSSR count). The molecular formula is C23H38FIN4O. The molecule has 0 bridgehead atoms. The maximum atomic E-state index is 13.8. The molecule has 0 aliphatic carbocycles. The Morgan fingerprint density at radius 2 is 1.97 bits per heavy atom. The number of ether oxygens (including phenoxy) is 1. The van der Waals surface area contributed by atoms with Gasteiger partial charge in [-0.3, -0.25) is 4.99 Å². The quantitative estimate of drug-likeness (QED) is 0.243. The van der Waals surface area contributed by atoms with Crippen LogP contribution in [0.1, 0.15) is 44.6 Å². The van der Waals surface area contributed by atoms with Crippen LogP contribution in [-0.2, 0) is 10.2 Å². The summed E-state index contributed by atoms with van der Waals surface area (Å²) >= 11 is 0. The summed E-state index contributed by atoms with van der Waals surface area (Å²) in [5.41, 5.74) is 0.922. The molecule has 2 aliphatic heterocycles. The van der Waals surface area contributed by atoms with E-state index >= 15 is 0 Å². The Morgan fingerprint density at radius 3 is 2.63 bits per heavy atom. The van der Waals surface area contributed by atoms with Gasteiger partial charge in [0.1, 0.15) is 5.82 Å². The van der Waals surface area contributed by atoms with Gasteiger partial charge in [0.2, 0.25) is 0 Å². The SMILES string of the molecule is CN=C(NCCCN1CCC(C)CC1)NCC1(c2cccc(F)c2)CCOCC1.I. The lowest BCUT2D eigenvalue weighted by molar-refractivity contribution is 0.0513. The molecule has 0 unspecified atom stereocenters. The van der Waals surface area contributed by atoms with Gasteiger partial charge in [-0.15, -0.1) is 24.0 Å². The molecule has 0 radical (unpaired) electrons. The summed E-state index contributed by atoms with van der Waals surface area (Å²) in [6.07, 6.45) is 5.52. The highest BCUT2D eigenvalue weighted by molar-refractivity contribution is 14.0. The molecule has 2 aliphatic rings. The predicted octanol–water partition coefficient (Wildman–Crippen LogP) is 3.78. The smallest absolute Gasteiger partial charge is 0.191 e. The van der Waals surface area contributed by atoms with Crippen molar-refractivity contribution >= 4 is 29.9 Å². The van der Waals surface area contributed by atoms with E-state index in [2.05, 4.69) is 27.4 Å². The summed E-state index contributed by atoms with van der Waals surface area (Å²) in [5.74, 6) is 1.52. The van der Waals surface area contributed by atoms with Crippen molar-refractivity contribution in [2.45, 2.75) is 44.4 Å². The van der Waals surface area contributed by atoms with Crippen LogP contribution in [0.15, 0.2) is 29.3 Å². The average molecular weight is 532 g/mol. The molecule has 2 saturated heterocycles. The van der Waals surface area contributed by atoms with Crippen LogP contribution in [0.4, 0.5) is 4.39 Å². The van der Waals surface area contributed by atoms with Crippen molar-refractivity contribution in [1.29, 1.82) is 0 Å². The molecule has 0 saturated carbocycles. The van der Waals surface area contributed by atoms with Gasteiger partial charge in [0.05, 0.1) is 0 Å². The van der Waals surface area contributed by atoms with Crippen LogP contribution in [0.3, 0.4) is 0 Å². The van der Waals surface area contributed by atoms with Gasteiger partial charge in [-0.1, -0.05) is 19.1 Å². The second kappa shape index (κ2) is 12.8. The van der Waals surface area contributed by atoms with Gasteiger partial charge in [-0.2, -0.15) is 0 Å². The third-order valence-corrected chi connectivity index (χ3v) is 6.52. The van der Waals surface area contributed by atoms with E-state index in [1.807, 2.05) is 6.07 Å². The summed E-state index contributed by atoms with van der Waals surface area (Å²) in [4.78, 5) is 6.95. The highest BCUT2D eigenvalue weighted by Gasteiger charge is 2.35. The van der Waals surface area contributed by atoms with Crippen LogP contribution in [-0.4, -0.2) is 63.8 Å². The van der Waals surface area contributed by atoms with E-state index in [1.54, 1.807) is 19.2 Å². The van der Waals surface area contributed by atoms with Gasteiger partial charge in [0, 0.05) is 38.8 Å². The Morgan fingerprint density at radius 1 is 1.23 bits per heavy atom. The van der Waals surface area contributed by atoms with E-state index in [0.717, 1.165) is 56.3 Å². The second-order valence-electron chi connectivity index (χ2n) is 8.63. The van der Waals surface area contributed by atoms with Crippen molar-refractivity contribution in [2.75, 3.05) is 53.0 Å². The normalized spacial score (nSPS) is 20.4. The van der Waals surface area contributed by atoms with Crippen molar-refractivity contribution in [3.63, 3.8) is 0 Å². The first-order chi connectivity index (χ1) is 14.1. The van der Waals surface area contributed by atoms with Crippen molar-refractivity contribution < 1.29 is 9.13 Å². The molecule has 0 spiro atoms. The summed E-state index contributed by atoms with van der Waals surface area (Å²) in [6, 6.07) is 7.01. The van der Waals surface area contributed by atoms with Crippen LogP contribution < -0.4 is 10.6 Å². The van der Waals surface area contributed by atoms with Gasteiger partial charge >= 0.3 is 0 Å². The minimum atomic E-state index is -0.178. The van der Waals surface area contributed by atoms with E-state index in [4.69, 9.17) is 4.74 Å². The van der Waals surface area contributed by atoms with E-state index < -0.39 is 0 Å². The number of rotatable bonds is 7. The summed E-state index contributed by atoms with van der Waals surface area (Å²) in [7, 11) is 1.81. The zero-order valence-corrected chi connectivity index (χ0v) is 20.8. The van der Waals surface area contributed by atoms with Gasteiger partial charge in [0.15, 0.2) is 5.96 Å². The van der Waals surface area contributed by atoms with Gasteiger partial charge < -0.3 is 20.3 Å². The highest BCUT2D eigenvalue weighted by atomic mass is 127. The van der Waals surface area contributed by atoms with E-state index in [9.17, 15) is 4.39 Å². The van der Waals surface area contributed by atoms with Crippen LogP contribution in [0, 0.1) is 11.7 Å². The molecule has 5 nitrogen and oxygen atoms in total. The van der Waals surface area contributed by atoms with E-state index in [-0.39, 0.29) is 35.2 Å². The minimum absolute atomic E-state index is 0. The molecule has 170 valence electrons. The van der Waals surface area contributed by atoms with E-state index in [0.29, 0.717) is 13.2 Å². The molecule has 0 amide bonds. The summed E-state index contributed by atoms with van der Waals surface area (Å²) in [5, 5.41) is 6.93. The number of guanidine groups is 1. The molecule has 2 N–H and O–H groups in total. The number of nitrogens with one attached hydrogen (secondary N) is 2. The number of halogens is 2. The van der Waals surface area contributed by atoms with Crippen LogP contribution in [0.5, 0.6) is 0 Å². The monoisotopic (exact) mass is 532 g/mol. The molecule has 1 aromatic rings. The molecule has 7 heteroatoms. The van der Waals surface area contributed by atoms with Crippen molar-refractivity contribution in [2.24, 2.45) is 10.9 Å². The fraction of sp³-hybridized carbons (Fsp3) is 0.696. The Bertz CT molecular complexity index is 658. The first kappa shape index (κ1) is 25.3.